The van der Waals surface area contributed by atoms with E-state index < -0.39 is 9.84 Å². The predicted molar refractivity (Wildman–Crippen MR) is 74.4 cm³/mol. The molecule has 106 valence electrons. The van der Waals surface area contributed by atoms with Gasteiger partial charge >= 0.3 is 0 Å². The van der Waals surface area contributed by atoms with Gasteiger partial charge in [-0.2, -0.15) is 5.90 Å². The van der Waals surface area contributed by atoms with E-state index in [1.165, 1.54) is 37.4 Å². The van der Waals surface area contributed by atoms with E-state index in [-0.39, 0.29) is 9.79 Å². The highest BCUT2D eigenvalue weighted by molar-refractivity contribution is 7.91. The van der Waals surface area contributed by atoms with Gasteiger partial charge in [-0.05, 0) is 55.0 Å². The monoisotopic (exact) mass is 293 g/mol. The Morgan fingerprint density at radius 2 is 1.60 bits per heavy atom. The molecule has 0 bridgehead atoms. The highest BCUT2D eigenvalue weighted by atomic mass is 32.2. The molecule has 0 aliphatic heterocycles. The van der Waals surface area contributed by atoms with E-state index >= 15 is 0 Å². The highest BCUT2D eigenvalue weighted by Gasteiger charge is 2.19. The molecule has 0 fully saturated rings. The molecule has 0 radical (unpaired) electrons. The van der Waals surface area contributed by atoms with E-state index in [2.05, 4.69) is 4.84 Å². The normalized spacial score (nSPS) is 11.2. The second-order valence-corrected chi connectivity index (χ2v) is 6.23. The molecule has 20 heavy (non-hydrogen) atoms. The molecule has 2 aromatic rings. The molecule has 0 heterocycles. The van der Waals surface area contributed by atoms with Crippen molar-refractivity contribution in [2.75, 3.05) is 7.11 Å². The Morgan fingerprint density at radius 1 is 0.950 bits per heavy atom. The van der Waals surface area contributed by atoms with Crippen LogP contribution < -0.4 is 15.5 Å². The van der Waals surface area contributed by atoms with Crippen molar-refractivity contribution in [2.45, 2.75) is 16.7 Å². The molecule has 0 amide bonds. The second kappa shape index (κ2) is 5.52. The smallest absolute Gasteiger partial charge is 0.206 e. The molecular formula is C14H15NO4S. The molecule has 6 heteroatoms. The summed E-state index contributed by atoms with van der Waals surface area (Å²) < 4.78 is 30.2. The van der Waals surface area contributed by atoms with Crippen LogP contribution in [-0.2, 0) is 9.84 Å². The third-order valence-electron chi connectivity index (χ3n) is 2.84. The van der Waals surface area contributed by atoms with Crippen LogP contribution in [0.5, 0.6) is 11.5 Å². The van der Waals surface area contributed by atoms with E-state index in [0.29, 0.717) is 11.5 Å². The Bertz CT molecular complexity index is 708. The van der Waals surface area contributed by atoms with Crippen LogP contribution in [0.2, 0.25) is 0 Å². The number of sulfone groups is 1. The first-order chi connectivity index (χ1) is 9.47. The summed E-state index contributed by atoms with van der Waals surface area (Å²) in [5.74, 6) is 5.91. The zero-order valence-electron chi connectivity index (χ0n) is 11.2. The number of aryl methyl sites for hydroxylation is 1. The minimum atomic E-state index is -3.60. The maximum atomic E-state index is 12.5. The fourth-order valence-corrected chi connectivity index (χ4v) is 3.20. The van der Waals surface area contributed by atoms with Gasteiger partial charge in [-0.1, -0.05) is 0 Å². The summed E-state index contributed by atoms with van der Waals surface area (Å²) in [4.78, 5) is 4.89. The minimum absolute atomic E-state index is 0.172. The van der Waals surface area contributed by atoms with Crippen LogP contribution in [0.4, 0.5) is 0 Å². The van der Waals surface area contributed by atoms with Crippen LogP contribution in [0, 0.1) is 6.92 Å². The van der Waals surface area contributed by atoms with Crippen LogP contribution in [0.3, 0.4) is 0 Å². The van der Waals surface area contributed by atoms with Crippen LogP contribution >= 0.6 is 0 Å². The van der Waals surface area contributed by atoms with Crippen molar-refractivity contribution in [3.63, 3.8) is 0 Å². The summed E-state index contributed by atoms with van der Waals surface area (Å²) >= 11 is 0. The van der Waals surface area contributed by atoms with Gasteiger partial charge in [0.15, 0.2) is 0 Å². The van der Waals surface area contributed by atoms with Gasteiger partial charge in [-0.3, -0.25) is 0 Å². The van der Waals surface area contributed by atoms with E-state index in [1.54, 1.807) is 12.1 Å². The zero-order chi connectivity index (χ0) is 14.8. The summed E-state index contributed by atoms with van der Waals surface area (Å²) in [6.45, 7) is 1.81. The van der Waals surface area contributed by atoms with Crippen LogP contribution in [0.25, 0.3) is 0 Å². The van der Waals surface area contributed by atoms with Gasteiger partial charge in [-0.15, -0.1) is 0 Å². The van der Waals surface area contributed by atoms with Gasteiger partial charge in [0, 0.05) is 0 Å². The largest absolute Gasteiger partial charge is 0.497 e. The van der Waals surface area contributed by atoms with E-state index in [1.807, 2.05) is 6.92 Å². The van der Waals surface area contributed by atoms with Crippen molar-refractivity contribution in [3.8, 4) is 11.5 Å². The molecule has 2 rings (SSSR count). The molecule has 2 N–H and O–H groups in total. The second-order valence-electron chi connectivity index (χ2n) is 4.28. The summed E-state index contributed by atoms with van der Waals surface area (Å²) in [6.07, 6.45) is 0. The Balaban J connectivity index is 2.51. The average Bonchev–Trinajstić information content (AvgIpc) is 2.46. The molecule has 0 aromatic heterocycles. The van der Waals surface area contributed by atoms with Gasteiger partial charge in [0.25, 0.3) is 0 Å². The van der Waals surface area contributed by atoms with Crippen LogP contribution in [0.15, 0.2) is 52.3 Å². The lowest BCUT2D eigenvalue weighted by Gasteiger charge is -2.08. The SMILES string of the molecule is COc1cc(C)cc(S(=O)(=O)c2ccc(ON)cc2)c1. The molecule has 0 saturated heterocycles. The van der Waals surface area contributed by atoms with Gasteiger partial charge in [-0.25, -0.2) is 8.42 Å². The number of nitrogens with two attached hydrogens (primary N) is 1. The lowest BCUT2D eigenvalue weighted by atomic mass is 10.2. The number of hydrogen-bond acceptors (Lipinski definition) is 5. The van der Waals surface area contributed by atoms with Crippen LogP contribution in [-0.4, -0.2) is 15.5 Å². The average molecular weight is 293 g/mol. The van der Waals surface area contributed by atoms with Gasteiger partial charge < -0.3 is 9.57 Å². The Kier molecular flexibility index (Phi) is 3.96. The zero-order valence-corrected chi connectivity index (χ0v) is 12.0. The Hall–Kier alpha value is -2.05. The summed E-state index contributed by atoms with van der Waals surface area (Å²) in [6, 6.07) is 10.8. The lowest BCUT2D eigenvalue weighted by Crippen LogP contribution is -2.04. The fraction of sp³-hybridized carbons (Fsp3) is 0.143. The molecule has 5 nitrogen and oxygen atoms in total. The summed E-state index contributed by atoms with van der Waals surface area (Å²) in [7, 11) is -2.10. The highest BCUT2D eigenvalue weighted by Crippen LogP contribution is 2.26. The number of benzene rings is 2. The predicted octanol–water partition coefficient (Wildman–Crippen LogP) is 2.09. The van der Waals surface area contributed by atoms with E-state index in [4.69, 9.17) is 10.6 Å². The molecule has 0 spiro atoms. The Labute approximate surface area is 117 Å². The number of hydrogen-bond donors (Lipinski definition) is 1. The molecule has 2 aromatic carbocycles. The van der Waals surface area contributed by atoms with Crippen LogP contribution in [0.1, 0.15) is 5.56 Å². The minimum Gasteiger partial charge on any atom is -0.497 e. The molecule has 0 saturated carbocycles. The third-order valence-corrected chi connectivity index (χ3v) is 4.59. The summed E-state index contributed by atoms with van der Waals surface area (Å²) in [5.41, 5.74) is 0.810. The van der Waals surface area contributed by atoms with E-state index in [9.17, 15) is 8.42 Å². The number of rotatable bonds is 4. The topological polar surface area (TPSA) is 78.6 Å². The first-order valence-corrected chi connectivity index (χ1v) is 7.33. The molecular weight excluding hydrogens is 278 g/mol. The first-order valence-electron chi connectivity index (χ1n) is 5.85. The van der Waals surface area contributed by atoms with Crippen molar-refractivity contribution in [2.24, 2.45) is 5.90 Å². The maximum absolute atomic E-state index is 12.5. The van der Waals surface area contributed by atoms with Gasteiger partial charge in [0.05, 0.1) is 16.9 Å². The van der Waals surface area contributed by atoms with Crippen molar-refractivity contribution in [1.82, 2.24) is 0 Å². The van der Waals surface area contributed by atoms with Crippen molar-refractivity contribution in [3.05, 3.63) is 48.0 Å². The molecule has 0 atom stereocenters. The maximum Gasteiger partial charge on any atom is 0.206 e. The lowest BCUT2D eigenvalue weighted by molar-refractivity contribution is 0.334. The number of ether oxygens (including phenoxy) is 1. The fourth-order valence-electron chi connectivity index (χ4n) is 1.82. The quantitative estimate of drug-likeness (QED) is 0.873. The summed E-state index contributed by atoms with van der Waals surface area (Å²) in [5, 5.41) is 0. The molecule has 0 unspecified atom stereocenters. The molecule has 0 aliphatic rings. The Morgan fingerprint density at radius 3 is 2.15 bits per heavy atom. The standard InChI is InChI=1S/C14H15NO4S/c1-10-7-12(18-2)9-14(8-10)20(16,17)13-5-3-11(19-15)4-6-13/h3-9H,15H2,1-2H3. The third kappa shape index (κ3) is 2.76. The first kappa shape index (κ1) is 14.4. The van der Waals surface area contributed by atoms with Crippen molar-refractivity contribution >= 4 is 9.84 Å². The molecule has 0 aliphatic carbocycles. The van der Waals surface area contributed by atoms with Crippen molar-refractivity contribution in [1.29, 1.82) is 0 Å². The van der Waals surface area contributed by atoms with Gasteiger partial charge in [0.1, 0.15) is 11.5 Å². The van der Waals surface area contributed by atoms with Crippen molar-refractivity contribution < 1.29 is 18.0 Å². The number of methoxy groups -OCH3 is 1. The van der Waals surface area contributed by atoms with Gasteiger partial charge in [0.2, 0.25) is 9.84 Å². The van der Waals surface area contributed by atoms with E-state index in [0.717, 1.165) is 5.56 Å².